The van der Waals surface area contributed by atoms with E-state index < -0.39 is 0 Å². The van der Waals surface area contributed by atoms with Crippen LogP contribution in [0.15, 0.2) is 34.4 Å². The summed E-state index contributed by atoms with van der Waals surface area (Å²) in [5.41, 5.74) is 6.37. The number of hydrogen-bond acceptors (Lipinski definition) is 6. The maximum absolute atomic E-state index is 13.7. The molecule has 4 heterocycles. The van der Waals surface area contributed by atoms with Crippen LogP contribution in [-0.2, 0) is 16.0 Å². The molecule has 1 aromatic carbocycles. The monoisotopic (exact) mass is 477 g/mol. The van der Waals surface area contributed by atoms with E-state index in [-0.39, 0.29) is 17.9 Å². The van der Waals surface area contributed by atoms with Crippen LogP contribution in [0.3, 0.4) is 0 Å². The topological polar surface area (TPSA) is 81.7 Å². The molecule has 0 aliphatic carbocycles. The molecule has 0 bridgehead atoms. The molecule has 4 aromatic rings. The van der Waals surface area contributed by atoms with E-state index in [0.29, 0.717) is 53.9 Å². The van der Waals surface area contributed by atoms with Gasteiger partial charge in [0.1, 0.15) is 5.69 Å². The van der Waals surface area contributed by atoms with Gasteiger partial charge in [-0.05, 0) is 51.0 Å². The number of thiazole rings is 1. The van der Waals surface area contributed by atoms with Crippen molar-refractivity contribution in [3.8, 4) is 16.9 Å². The van der Waals surface area contributed by atoms with Gasteiger partial charge in [0.25, 0.3) is 5.56 Å². The Hall–Kier alpha value is -3.30. The van der Waals surface area contributed by atoms with Crippen molar-refractivity contribution in [2.24, 2.45) is 0 Å². The minimum atomic E-state index is -0.195. The fourth-order valence-corrected chi connectivity index (χ4v) is 5.33. The molecule has 9 heteroatoms. The highest BCUT2D eigenvalue weighted by Crippen LogP contribution is 2.25. The van der Waals surface area contributed by atoms with E-state index in [2.05, 4.69) is 24.9 Å². The van der Waals surface area contributed by atoms with E-state index in [0.717, 1.165) is 16.9 Å². The van der Waals surface area contributed by atoms with Crippen molar-refractivity contribution in [3.05, 3.63) is 68.2 Å². The number of aryl methyl sites for hydroxylation is 3. The molecule has 176 valence electrons. The molecule has 1 aliphatic rings. The fraction of sp³-hybridized carbons (Fsp3) is 0.360. The number of fused-ring (bicyclic) bond motifs is 1. The predicted molar refractivity (Wildman–Crippen MR) is 132 cm³/mol. The first-order valence-corrected chi connectivity index (χ1v) is 12.2. The first-order valence-electron chi connectivity index (χ1n) is 11.3. The number of nitrogens with zero attached hydrogens (tertiary/aromatic N) is 5. The second kappa shape index (κ2) is 8.81. The Morgan fingerprint density at radius 3 is 2.68 bits per heavy atom. The number of aromatic nitrogens is 4. The summed E-state index contributed by atoms with van der Waals surface area (Å²) < 4.78 is 8.79. The van der Waals surface area contributed by atoms with E-state index in [1.165, 1.54) is 16.9 Å². The molecular formula is C25H27N5O3S. The molecule has 1 saturated heterocycles. The lowest BCUT2D eigenvalue weighted by Gasteiger charge is -2.26. The molecule has 0 N–H and O–H groups in total. The highest BCUT2D eigenvalue weighted by Gasteiger charge is 2.22. The van der Waals surface area contributed by atoms with Crippen molar-refractivity contribution in [1.82, 2.24) is 24.1 Å². The Balaban J connectivity index is 1.57. The second-order valence-electron chi connectivity index (χ2n) is 8.69. The zero-order valence-corrected chi connectivity index (χ0v) is 20.6. The van der Waals surface area contributed by atoms with Crippen LogP contribution < -0.4 is 5.56 Å². The van der Waals surface area contributed by atoms with Gasteiger partial charge >= 0.3 is 0 Å². The number of hydrogen-bond donors (Lipinski definition) is 0. The van der Waals surface area contributed by atoms with Crippen molar-refractivity contribution in [2.45, 2.75) is 34.1 Å². The SMILES string of the molecule is Cc1cccc(-n2nc(-c3c(C)nc4scc(CC(=O)N5CCOCC5)n4c3=O)cc2C)c1C. The Bertz CT molecular complexity index is 1460. The predicted octanol–water partition coefficient (Wildman–Crippen LogP) is 3.24. The molecule has 1 aliphatic heterocycles. The van der Waals surface area contributed by atoms with Crippen LogP contribution >= 0.6 is 11.3 Å². The summed E-state index contributed by atoms with van der Waals surface area (Å²) >= 11 is 1.37. The van der Waals surface area contributed by atoms with Gasteiger partial charge in [-0.25, -0.2) is 9.67 Å². The zero-order chi connectivity index (χ0) is 24.0. The summed E-state index contributed by atoms with van der Waals surface area (Å²) in [6.45, 7) is 10.2. The average Bonchev–Trinajstić information content (AvgIpc) is 3.39. The minimum Gasteiger partial charge on any atom is -0.378 e. The number of carbonyl (C=O) groups excluding carboxylic acids is 1. The van der Waals surface area contributed by atoms with Gasteiger partial charge in [-0.1, -0.05) is 12.1 Å². The Kier molecular flexibility index (Phi) is 5.83. The fourth-order valence-electron chi connectivity index (χ4n) is 4.41. The van der Waals surface area contributed by atoms with Gasteiger partial charge in [0, 0.05) is 29.9 Å². The number of rotatable bonds is 4. The van der Waals surface area contributed by atoms with Gasteiger partial charge in [0.2, 0.25) is 5.91 Å². The van der Waals surface area contributed by atoms with Crippen LogP contribution in [0.5, 0.6) is 0 Å². The van der Waals surface area contributed by atoms with Gasteiger partial charge in [0.15, 0.2) is 4.96 Å². The summed E-state index contributed by atoms with van der Waals surface area (Å²) in [6, 6.07) is 8.03. The minimum absolute atomic E-state index is 0.00734. The molecule has 1 fully saturated rings. The number of morpholine rings is 1. The van der Waals surface area contributed by atoms with Crippen LogP contribution in [0.4, 0.5) is 0 Å². The van der Waals surface area contributed by atoms with Gasteiger partial charge in [-0.3, -0.25) is 14.0 Å². The molecule has 5 rings (SSSR count). The standard InChI is InChI=1S/C25H27N5O3S/c1-15-6-5-7-21(17(15)3)30-16(2)12-20(27-30)23-18(4)26-25-29(24(23)32)19(14-34-25)13-22(31)28-8-10-33-11-9-28/h5-7,12,14H,8-11,13H2,1-4H3. The third-order valence-electron chi connectivity index (χ3n) is 6.46. The molecule has 3 aromatic heterocycles. The molecule has 34 heavy (non-hydrogen) atoms. The third kappa shape index (κ3) is 3.84. The van der Waals surface area contributed by atoms with Crippen LogP contribution in [0.1, 0.15) is 28.2 Å². The molecular weight excluding hydrogens is 450 g/mol. The number of amides is 1. The van der Waals surface area contributed by atoms with Crippen molar-refractivity contribution < 1.29 is 9.53 Å². The van der Waals surface area contributed by atoms with Crippen molar-refractivity contribution in [1.29, 1.82) is 0 Å². The Morgan fingerprint density at radius 2 is 1.91 bits per heavy atom. The summed E-state index contributed by atoms with van der Waals surface area (Å²) in [4.78, 5) is 33.6. The number of benzene rings is 1. The Labute approximate surface area is 201 Å². The van der Waals surface area contributed by atoms with Gasteiger partial charge < -0.3 is 9.64 Å². The molecule has 8 nitrogen and oxygen atoms in total. The normalized spacial score (nSPS) is 14.2. The molecule has 0 atom stereocenters. The second-order valence-corrected chi connectivity index (χ2v) is 9.53. The number of ether oxygens (including phenoxy) is 1. The van der Waals surface area contributed by atoms with E-state index in [1.807, 2.05) is 42.1 Å². The van der Waals surface area contributed by atoms with Crippen LogP contribution in [0, 0.1) is 27.7 Å². The van der Waals surface area contributed by atoms with Crippen molar-refractivity contribution in [2.75, 3.05) is 26.3 Å². The van der Waals surface area contributed by atoms with E-state index >= 15 is 0 Å². The van der Waals surface area contributed by atoms with E-state index in [9.17, 15) is 9.59 Å². The summed E-state index contributed by atoms with van der Waals surface area (Å²) in [7, 11) is 0. The molecule has 1 amide bonds. The largest absolute Gasteiger partial charge is 0.378 e. The third-order valence-corrected chi connectivity index (χ3v) is 7.34. The maximum Gasteiger partial charge on any atom is 0.268 e. The van der Waals surface area contributed by atoms with Gasteiger partial charge in [-0.15, -0.1) is 11.3 Å². The summed E-state index contributed by atoms with van der Waals surface area (Å²) in [5.74, 6) is -0.00734. The first kappa shape index (κ1) is 22.5. The lowest BCUT2D eigenvalue weighted by atomic mass is 10.1. The van der Waals surface area contributed by atoms with Crippen LogP contribution in [0.2, 0.25) is 0 Å². The summed E-state index contributed by atoms with van der Waals surface area (Å²) in [5, 5.41) is 6.66. The lowest BCUT2D eigenvalue weighted by molar-refractivity contribution is -0.134. The molecule has 0 radical (unpaired) electrons. The molecule has 0 saturated carbocycles. The van der Waals surface area contributed by atoms with Crippen LogP contribution in [0.25, 0.3) is 21.9 Å². The maximum atomic E-state index is 13.7. The van der Waals surface area contributed by atoms with E-state index in [4.69, 9.17) is 9.84 Å². The highest BCUT2D eigenvalue weighted by atomic mass is 32.1. The quantitative estimate of drug-likeness (QED) is 0.451. The number of carbonyl (C=O) groups is 1. The van der Waals surface area contributed by atoms with Gasteiger partial charge in [-0.2, -0.15) is 5.10 Å². The average molecular weight is 478 g/mol. The highest BCUT2D eigenvalue weighted by molar-refractivity contribution is 7.15. The first-order chi connectivity index (χ1) is 16.3. The van der Waals surface area contributed by atoms with Gasteiger partial charge in [0.05, 0.1) is 36.6 Å². The Morgan fingerprint density at radius 1 is 1.15 bits per heavy atom. The molecule has 0 spiro atoms. The smallest absolute Gasteiger partial charge is 0.268 e. The lowest BCUT2D eigenvalue weighted by Crippen LogP contribution is -2.41. The van der Waals surface area contributed by atoms with Crippen LogP contribution in [-0.4, -0.2) is 56.3 Å². The van der Waals surface area contributed by atoms with Crippen molar-refractivity contribution in [3.63, 3.8) is 0 Å². The van der Waals surface area contributed by atoms with E-state index in [1.54, 1.807) is 9.30 Å². The molecule has 0 unspecified atom stereocenters. The summed E-state index contributed by atoms with van der Waals surface area (Å²) in [6.07, 6.45) is 0.153. The zero-order valence-electron chi connectivity index (χ0n) is 19.8. The van der Waals surface area contributed by atoms with Crippen molar-refractivity contribution >= 4 is 22.2 Å².